The summed E-state index contributed by atoms with van der Waals surface area (Å²) >= 11 is 13.4. The fourth-order valence-corrected chi connectivity index (χ4v) is 6.91. The summed E-state index contributed by atoms with van der Waals surface area (Å²) in [6, 6.07) is 5.51. The second kappa shape index (κ2) is 10.0. The molecule has 0 spiro atoms. The van der Waals surface area contributed by atoms with Crippen molar-refractivity contribution in [1.29, 1.82) is 5.26 Å². The number of halogens is 5. The summed E-state index contributed by atoms with van der Waals surface area (Å²) in [5.41, 5.74) is 1.85. The van der Waals surface area contributed by atoms with Gasteiger partial charge in [0.1, 0.15) is 16.9 Å². The van der Waals surface area contributed by atoms with Gasteiger partial charge in [0.2, 0.25) is 0 Å². The Balaban J connectivity index is 1.43. The molecule has 0 saturated heterocycles. The monoisotopic (exact) mass is 595 g/mol. The molecule has 3 aromatic rings. The lowest BCUT2D eigenvalue weighted by Gasteiger charge is -2.33. The number of hydrogen-bond acceptors (Lipinski definition) is 5. The largest absolute Gasteiger partial charge is 0.410 e. The van der Waals surface area contributed by atoms with Gasteiger partial charge in [0.15, 0.2) is 11.7 Å². The van der Waals surface area contributed by atoms with Crippen molar-refractivity contribution in [2.45, 2.75) is 64.7 Å². The summed E-state index contributed by atoms with van der Waals surface area (Å²) < 4.78 is 43.1. The molecule has 2 aliphatic rings. The van der Waals surface area contributed by atoms with Crippen molar-refractivity contribution in [1.82, 2.24) is 9.78 Å². The molecule has 5 rings (SSSR count). The number of fused-ring (bicyclic) bond motifs is 2. The Morgan fingerprint density at radius 1 is 1.23 bits per heavy atom. The number of hydrogen-bond donors (Lipinski definition) is 2. The first-order chi connectivity index (χ1) is 18.3. The number of carbonyl (C=O) groups is 1. The average molecular weight is 597 g/mol. The normalized spacial score (nSPS) is 20.9. The van der Waals surface area contributed by atoms with Crippen molar-refractivity contribution >= 4 is 51.3 Å². The Bertz CT molecular complexity index is 1480. The van der Waals surface area contributed by atoms with Gasteiger partial charge in [-0.1, -0.05) is 50.0 Å². The number of rotatable bonds is 3. The van der Waals surface area contributed by atoms with E-state index in [1.165, 1.54) is 29.5 Å². The number of nitriles is 1. The minimum Gasteiger partial charge on any atom is -0.363 e. The maximum atomic E-state index is 14.1. The molecule has 2 aromatic heterocycles. The van der Waals surface area contributed by atoms with E-state index >= 15 is 0 Å². The van der Waals surface area contributed by atoms with Crippen molar-refractivity contribution in [3.8, 4) is 6.07 Å². The van der Waals surface area contributed by atoms with Crippen LogP contribution in [0.2, 0.25) is 10.0 Å². The van der Waals surface area contributed by atoms with E-state index in [4.69, 9.17) is 23.2 Å². The number of anilines is 2. The van der Waals surface area contributed by atoms with Crippen LogP contribution in [0.25, 0.3) is 0 Å². The zero-order valence-corrected chi connectivity index (χ0v) is 23.7. The van der Waals surface area contributed by atoms with Crippen LogP contribution in [0.3, 0.4) is 0 Å². The topological polar surface area (TPSA) is 82.7 Å². The summed E-state index contributed by atoms with van der Waals surface area (Å²) in [7, 11) is 0. The van der Waals surface area contributed by atoms with E-state index in [1.54, 1.807) is 6.07 Å². The molecule has 3 atom stereocenters. The number of amides is 1. The Kier molecular flexibility index (Phi) is 7.15. The molecular formula is C27H26Cl2F3N5OS. The van der Waals surface area contributed by atoms with E-state index < -0.39 is 24.2 Å². The van der Waals surface area contributed by atoms with Gasteiger partial charge in [-0.05, 0) is 53.9 Å². The van der Waals surface area contributed by atoms with Gasteiger partial charge in [-0.3, -0.25) is 4.79 Å². The highest BCUT2D eigenvalue weighted by Crippen LogP contribution is 2.46. The van der Waals surface area contributed by atoms with Crippen LogP contribution in [0.5, 0.6) is 0 Å². The third kappa shape index (κ3) is 5.37. The lowest BCUT2D eigenvalue weighted by atomic mass is 9.72. The molecule has 2 N–H and O–H groups in total. The van der Waals surface area contributed by atoms with Gasteiger partial charge in [0.05, 0.1) is 21.7 Å². The predicted octanol–water partition coefficient (Wildman–Crippen LogP) is 8.19. The second-order valence-corrected chi connectivity index (χ2v) is 13.0. The number of nitrogens with one attached hydrogen (secondary N) is 2. The summed E-state index contributed by atoms with van der Waals surface area (Å²) in [5, 5.41) is 20.6. The molecule has 1 aliphatic carbocycles. The molecule has 206 valence electrons. The fraction of sp³-hybridized carbons (Fsp3) is 0.444. The number of benzene rings is 1. The molecule has 0 radical (unpaired) electrons. The third-order valence-electron chi connectivity index (χ3n) is 7.60. The van der Waals surface area contributed by atoms with E-state index in [0.717, 1.165) is 34.4 Å². The smallest absolute Gasteiger partial charge is 0.363 e. The first kappa shape index (κ1) is 27.8. The molecule has 1 aliphatic heterocycles. The van der Waals surface area contributed by atoms with Crippen LogP contribution >= 0.6 is 34.5 Å². The Morgan fingerprint density at radius 3 is 2.62 bits per heavy atom. The van der Waals surface area contributed by atoms with Gasteiger partial charge in [0, 0.05) is 17.4 Å². The van der Waals surface area contributed by atoms with Crippen LogP contribution in [0.1, 0.15) is 77.8 Å². The van der Waals surface area contributed by atoms with Crippen molar-refractivity contribution in [2.75, 3.05) is 10.6 Å². The Morgan fingerprint density at radius 2 is 1.97 bits per heavy atom. The molecule has 3 unspecified atom stereocenters. The predicted molar refractivity (Wildman–Crippen MR) is 147 cm³/mol. The number of aromatic nitrogens is 2. The van der Waals surface area contributed by atoms with Crippen molar-refractivity contribution < 1.29 is 18.0 Å². The molecule has 39 heavy (non-hydrogen) atoms. The molecule has 12 heteroatoms. The minimum absolute atomic E-state index is 0.0591. The molecule has 6 nitrogen and oxygen atoms in total. The molecule has 0 fully saturated rings. The van der Waals surface area contributed by atoms with Crippen LogP contribution in [0.15, 0.2) is 24.3 Å². The zero-order chi connectivity index (χ0) is 28.3. The number of nitrogens with zero attached hydrogens (tertiary/aromatic N) is 3. The summed E-state index contributed by atoms with van der Waals surface area (Å²) in [5.74, 6) is -0.163. The van der Waals surface area contributed by atoms with Crippen LogP contribution in [0, 0.1) is 22.7 Å². The molecule has 1 amide bonds. The Labute approximate surface area is 238 Å². The highest BCUT2D eigenvalue weighted by Gasteiger charge is 2.47. The van der Waals surface area contributed by atoms with Gasteiger partial charge in [-0.25, -0.2) is 4.68 Å². The van der Waals surface area contributed by atoms with Crippen LogP contribution in [0.4, 0.5) is 24.0 Å². The van der Waals surface area contributed by atoms with Crippen LogP contribution in [-0.4, -0.2) is 21.9 Å². The Hall–Kier alpha value is -2.74. The highest BCUT2D eigenvalue weighted by atomic mass is 35.5. The highest BCUT2D eigenvalue weighted by molar-refractivity contribution is 7.16. The first-order valence-corrected chi connectivity index (χ1v) is 14.1. The zero-order valence-electron chi connectivity index (χ0n) is 21.4. The maximum Gasteiger partial charge on any atom is 0.410 e. The molecule has 0 saturated carbocycles. The van der Waals surface area contributed by atoms with Gasteiger partial charge < -0.3 is 10.6 Å². The number of alkyl halides is 3. The van der Waals surface area contributed by atoms with E-state index in [1.807, 2.05) is 0 Å². The standard InChI is InChI=1S/C27H26Cl2F3N5OS/c1-26(2,3)14-5-6-15-16(12-33)25(39-21(15)9-14)35-24(38)20-11-23-34-19(13-4-7-17(28)18(29)8-13)10-22(27(30,31)32)37(23)36-20/h4,7-8,11,14,19,22,34H,5-6,9-10H2,1-3H3,(H,35,38). The molecular weight excluding hydrogens is 570 g/mol. The third-order valence-corrected chi connectivity index (χ3v) is 9.51. The maximum absolute atomic E-state index is 14.1. The van der Waals surface area contributed by atoms with E-state index in [9.17, 15) is 23.2 Å². The minimum atomic E-state index is -4.60. The van der Waals surface area contributed by atoms with Gasteiger partial charge in [-0.15, -0.1) is 11.3 Å². The van der Waals surface area contributed by atoms with Crippen molar-refractivity contribution in [3.63, 3.8) is 0 Å². The molecule has 1 aromatic carbocycles. The van der Waals surface area contributed by atoms with Gasteiger partial charge >= 0.3 is 6.18 Å². The van der Waals surface area contributed by atoms with Gasteiger partial charge in [-0.2, -0.15) is 23.5 Å². The van der Waals surface area contributed by atoms with Crippen LogP contribution in [-0.2, 0) is 12.8 Å². The van der Waals surface area contributed by atoms with E-state index in [2.05, 4.69) is 42.6 Å². The van der Waals surface area contributed by atoms with Crippen LogP contribution < -0.4 is 10.6 Å². The summed E-state index contributed by atoms with van der Waals surface area (Å²) in [6.45, 7) is 6.58. The van der Waals surface area contributed by atoms with E-state index in [-0.39, 0.29) is 28.4 Å². The first-order valence-electron chi connectivity index (χ1n) is 12.5. The quantitative estimate of drug-likeness (QED) is 0.320. The van der Waals surface area contributed by atoms with E-state index in [0.29, 0.717) is 27.1 Å². The lowest BCUT2D eigenvalue weighted by Crippen LogP contribution is -2.35. The molecule has 3 heterocycles. The van der Waals surface area contributed by atoms with Crippen molar-refractivity contribution in [2.24, 2.45) is 11.3 Å². The van der Waals surface area contributed by atoms with Crippen molar-refractivity contribution in [3.05, 3.63) is 61.6 Å². The summed E-state index contributed by atoms with van der Waals surface area (Å²) in [6.07, 6.45) is -2.43. The fourth-order valence-electron chi connectivity index (χ4n) is 5.33. The lowest BCUT2D eigenvalue weighted by molar-refractivity contribution is -0.173. The average Bonchev–Trinajstić information content (AvgIpc) is 3.44. The summed E-state index contributed by atoms with van der Waals surface area (Å²) in [4.78, 5) is 14.3. The number of carbonyl (C=O) groups excluding carboxylic acids is 1. The second-order valence-electron chi connectivity index (χ2n) is 11.1. The SMILES string of the molecule is CC(C)(C)C1CCc2c(sc(NC(=O)c3cc4n(n3)C(C(F)(F)F)CC(c3ccc(Cl)c(Cl)c3)N4)c2C#N)C1. The molecule has 0 bridgehead atoms. The van der Waals surface area contributed by atoms with Gasteiger partial charge in [0.25, 0.3) is 5.91 Å². The number of thiophene rings is 1.